The molecule has 216 valence electrons. The quantitative estimate of drug-likeness (QED) is 0.172. The average molecular weight is 586 g/mol. The second kappa shape index (κ2) is 11.5. The van der Waals surface area contributed by atoms with Crippen molar-refractivity contribution in [2.75, 3.05) is 5.43 Å². The standard InChI is InChI=1S/C37H35N5.ClH/c1-5-13-30(14-6-1)34(39-38-32-17-9-3-10-18-32)36-41(37-24-27-21-28(25-37)23-29(22-27)26-37)35(31-15-7-2-8-16-31)40-42(36)33-19-11-4-12-20-33;/h1-20,27-29H,21-26H2;1H. The van der Waals surface area contributed by atoms with E-state index in [1.54, 1.807) is 0 Å². The molecule has 0 radical (unpaired) electrons. The van der Waals surface area contributed by atoms with Crippen molar-refractivity contribution in [1.82, 2.24) is 9.78 Å². The Balaban J connectivity index is 0.00000300. The molecule has 0 spiro atoms. The number of aromatic nitrogens is 3. The Morgan fingerprint density at radius 2 is 1.21 bits per heavy atom. The number of para-hydroxylation sites is 2. The van der Waals surface area contributed by atoms with Gasteiger partial charge in [0.05, 0.1) is 21.9 Å². The lowest BCUT2D eigenvalue weighted by Gasteiger charge is -2.55. The van der Waals surface area contributed by atoms with Crippen molar-refractivity contribution < 1.29 is 17.0 Å². The highest BCUT2D eigenvalue weighted by Crippen LogP contribution is 2.57. The molecule has 4 bridgehead atoms. The van der Waals surface area contributed by atoms with Crippen LogP contribution in [0.15, 0.2) is 126 Å². The van der Waals surface area contributed by atoms with E-state index in [9.17, 15) is 0 Å². The molecule has 4 aromatic carbocycles. The van der Waals surface area contributed by atoms with Gasteiger partial charge in [0, 0.05) is 5.56 Å². The molecular formula is C37H36ClN5. The lowest BCUT2D eigenvalue weighted by Crippen LogP contribution is -3.00. The van der Waals surface area contributed by atoms with Gasteiger partial charge in [0.15, 0.2) is 5.71 Å². The summed E-state index contributed by atoms with van der Waals surface area (Å²) in [5.74, 6) is 4.44. The largest absolute Gasteiger partial charge is 1.00 e. The zero-order valence-corrected chi connectivity index (χ0v) is 24.9. The molecule has 0 amide bonds. The van der Waals surface area contributed by atoms with Gasteiger partial charge in [-0.1, -0.05) is 89.6 Å². The van der Waals surface area contributed by atoms with Gasteiger partial charge in [0.2, 0.25) is 0 Å². The summed E-state index contributed by atoms with van der Waals surface area (Å²) in [4.78, 5) is 0. The molecule has 4 aliphatic carbocycles. The Kier molecular flexibility index (Phi) is 7.36. The van der Waals surface area contributed by atoms with Crippen molar-refractivity contribution in [3.8, 4) is 17.1 Å². The topological polar surface area (TPSA) is 46.1 Å². The molecule has 0 atom stereocenters. The van der Waals surface area contributed by atoms with Crippen LogP contribution in [0, 0.1) is 17.8 Å². The molecule has 1 aromatic heterocycles. The molecule has 5 nitrogen and oxygen atoms in total. The van der Waals surface area contributed by atoms with Crippen LogP contribution < -0.4 is 22.4 Å². The van der Waals surface area contributed by atoms with E-state index in [0.717, 1.165) is 57.6 Å². The van der Waals surface area contributed by atoms with Crippen LogP contribution in [0.3, 0.4) is 0 Å². The maximum Gasteiger partial charge on any atom is 0.310 e. The predicted molar refractivity (Wildman–Crippen MR) is 167 cm³/mol. The molecular weight excluding hydrogens is 550 g/mol. The molecule has 4 fully saturated rings. The number of rotatable bonds is 7. The number of hydrogen-bond acceptors (Lipinski definition) is 3. The fraction of sp³-hybridized carbons (Fsp3) is 0.270. The smallest absolute Gasteiger partial charge is 0.310 e. The third-order valence-corrected chi connectivity index (χ3v) is 9.66. The SMILES string of the molecule is [Cl-].c1ccc(N/N=C(\c2ccccc2)c2n(-c3ccccc3)nc(-c3ccccc3)[n+]2C23CC4CC(CC(C4)C2)C3)cc1. The summed E-state index contributed by atoms with van der Waals surface area (Å²) < 4.78 is 4.79. The first-order valence-corrected chi connectivity index (χ1v) is 15.4. The molecule has 6 heteroatoms. The fourth-order valence-electron chi connectivity index (χ4n) is 8.37. The fourth-order valence-corrected chi connectivity index (χ4v) is 8.37. The van der Waals surface area contributed by atoms with E-state index in [4.69, 9.17) is 10.2 Å². The average Bonchev–Trinajstić information content (AvgIpc) is 3.44. The van der Waals surface area contributed by atoms with Gasteiger partial charge in [-0.05, 0) is 92.7 Å². The van der Waals surface area contributed by atoms with Crippen molar-refractivity contribution in [3.05, 3.63) is 133 Å². The predicted octanol–water partition coefficient (Wildman–Crippen LogP) is 4.62. The summed E-state index contributed by atoms with van der Waals surface area (Å²) in [7, 11) is 0. The third-order valence-electron chi connectivity index (χ3n) is 9.66. The molecule has 0 saturated heterocycles. The minimum absolute atomic E-state index is 0. The van der Waals surface area contributed by atoms with E-state index in [1.807, 2.05) is 18.2 Å². The van der Waals surface area contributed by atoms with E-state index in [-0.39, 0.29) is 17.9 Å². The number of hydrazone groups is 1. The Bertz CT molecular complexity index is 1680. The Morgan fingerprint density at radius 1 is 0.698 bits per heavy atom. The third kappa shape index (κ3) is 5.06. The van der Waals surface area contributed by atoms with Crippen LogP contribution in [0.25, 0.3) is 17.1 Å². The maximum atomic E-state index is 5.48. The Morgan fingerprint density at radius 3 is 1.79 bits per heavy atom. The van der Waals surface area contributed by atoms with Crippen LogP contribution in [0.1, 0.15) is 49.9 Å². The minimum atomic E-state index is 0. The molecule has 5 aromatic rings. The number of hydrogen-bond donors (Lipinski definition) is 1. The van der Waals surface area contributed by atoms with Gasteiger partial charge in [0.1, 0.15) is 5.69 Å². The number of anilines is 1. The van der Waals surface area contributed by atoms with E-state index < -0.39 is 0 Å². The van der Waals surface area contributed by atoms with Gasteiger partial charge in [-0.15, -0.1) is 0 Å². The second-order valence-electron chi connectivity index (χ2n) is 12.5. The van der Waals surface area contributed by atoms with Gasteiger partial charge in [0.25, 0.3) is 5.82 Å². The maximum absolute atomic E-state index is 5.48. The molecule has 43 heavy (non-hydrogen) atoms. The van der Waals surface area contributed by atoms with Gasteiger partial charge in [-0.2, -0.15) is 5.10 Å². The molecule has 4 saturated carbocycles. The summed E-state index contributed by atoms with van der Waals surface area (Å²) in [6, 6.07) is 42.2. The van der Waals surface area contributed by atoms with Crippen molar-refractivity contribution in [3.63, 3.8) is 0 Å². The summed E-state index contributed by atoms with van der Waals surface area (Å²) in [5.41, 5.74) is 8.53. The number of benzene rings is 4. The number of nitrogens with one attached hydrogen (secondary N) is 1. The van der Waals surface area contributed by atoms with Crippen LogP contribution in [0.5, 0.6) is 0 Å². The highest BCUT2D eigenvalue weighted by Gasteiger charge is 2.57. The summed E-state index contributed by atoms with van der Waals surface area (Å²) in [5, 5.41) is 10.7. The molecule has 0 unspecified atom stereocenters. The van der Waals surface area contributed by atoms with E-state index in [2.05, 4.69) is 118 Å². The van der Waals surface area contributed by atoms with Gasteiger partial charge < -0.3 is 12.4 Å². The van der Waals surface area contributed by atoms with Gasteiger partial charge >= 0.3 is 5.82 Å². The highest BCUT2D eigenvalue weighted by molar-refractivity contribution is 6.10. The summed E-state index contributed by atoms with van der Waals surface area (Å²) >= 11 is 0. The molecule has 4 aliphatic rings. The normalized spacial score (nSPS) is 24.0. The first kappa shape index (κ1) is 27.6. The van der Waals surface area contributed by atoms with Crippen LogP contribution >= 0.6 is 0 Å². The zero-order chi connectivity index (χ0) is 27.9. The number of nitrogens with zero attached hydrogens (tertiary/aromatic N) is 4. The van der Waals surface area contributed by atoms with Crippen molar-refractivity contribution >= 4 is 11.4 Å². The van der Waals surface area contributed by atoms with E-state index in [1.165, 1.54) is 38.5 Å². The first-order chi connectivity index (χ1) is 20.8. The van der Waals surface area contributed by atoms with Crippen LogP contribution in [-0.4, -0.2) is 15.5 Å². The summed E-state index contributed by atoms with van der Waals surface area (Å²) in [6.07, 6.45) is 7.80. The van der Waals surface area contributed by atoms with Crippen LogP contribution in [0.2, 0.25) is 0 Å². The first-order valence-electron chi connectivity index (χ1n) is 15.4. The molecule has 0 aliphatic heterocycles. The molecule has 1 heterocycles. The minimum Gasteiger partial charge on any atom is -1.00 e. The monoisotopic (exact) mass is 585 g/mol. The summed E-state index contributed by atoms with van der Waals surface area (Å²) in [6.45, 7) is 0. The van der Waals surface area contributed by atoms with E-state index >= 15 is 0 Å². The molecule has 9 rings (SSSR count). The molecule has 1 N–H and O–H groups in total. The highest BCUT2D eigenvalue weighted by atomic mass is 35.5. The Hall–Kier alpha value is -4.22. The van der Waals surface area contributed by atoms with Gasteiger partial charge in [-0.3, -0.25) is 5.43 Å². The second-order valence-corrected chi connectivity index (χ2v) is 12.5. The lowest BCUT2D eigenvalue weighted by molar-refractivity contribution is -0.768. The van der Waals surface area contributed by atoms with Crippen molar-refractivity contribution in [2.24, 2.45) is 22.9 Å². The van der Waals surface area contributed by atoms with Crippen molar-refractivity contribution in [2.45, 2.75) is 44.1 Å². The van der Waals surface area contributed by atoms with Gasteiger partial charge in [-0.25, -0.2) is 4.57 Å². The van der Waals surface area contributed by atoms with Crippen molar-refractivity contribution in [1.29, 1.82) is 0 Å². The Labute approximate surface area is 259 Å². The lowest BCUT2D eigenvalue weighted by atomic mass is 9.53. The van der Waals surface area contributed by atoms with Crippen LogP contribution in [-0.2, 0) is 5.54 Å². The van der Waals surface area contributed by atoms with E-state index in [0.29, 0.717) is 0 Å². The van der Waals surface area contributed by atoms with Crippen LogP contribution in [0.4, 0.5) is 5.69 Å². The zero-order valence-electron chi connectivity index (χ0n) is 24.2. The number of halogens is 1.